The first-order valence-corrected chi connectivity index (χ1v) is 7.80. The highest BCUT2D eigenvalue weighted by atomic mass is 32.2. The average Bonchev–Trinajstić information content (AvgIpc) is 2.82. The molecule has 2 unspecified atom stereocenters. The molecule has 20 heavy (non-hydrogen) atoms. The lowest BCUT2D eigenvalue weighted by molar-refractivity contribution is -0.385. The van der Waals surface area contributed by atoms with E-state index < -0.39 is 21.1 Å². The van der Waals surface area contributed by atoms with Gasteiger partial charge < -0.3 is 5.11 Å². The van der Waals surface area contributed by atoms with E-state index in [2.05, 4.69) is 4.72 Å². The quantitative estimate of drug-likeness (QED) is 0.623. The van der Waals surface area contributed by atoms with Crippen LogP contribution < -0.4 is 4.72 Å². The van der Waals surface area contributed by atoms with Gasteiger partial charge in [0.05, 0.1) is 15.9 Å². The van der Waals surface area contributed by atoms with Gasteiger partial charge in [-0.25, -0.2) is 13.1 Å². The molecule has 1 aromatic carbocycles. The van der Waals surface area contributed by atoms with Gasteiger partial charge >= 0.3 is 0 Å². The van der Waals surface area contributed by atoms with Crippen LogP contribution in [0.4, 0.5) is 5.69 Å². The molecule has 1 aromatic rings. The lowest BCUT2D eigenvalue weighted by atomic mass is 10.1. The number of rotatable bonds is 5. The first-order valence-electron chi connectivity index (χ1n) is 6.32. The Morgan fingerprint density at radius 3 is 2.75 bits per heavy atom. The molecule has 0 amide bonds. The van der Waals surface area contributed by atoms with Crippen LogP contribution in [0.1, 0.15) is 19.3 Å². The zero-order chi connectivity index (χ0) is 14.8. The van der Waals surface area contributed by atoms with Crippen LogP contribution >= 0.6 is 0 Å². The van der Waals surface area contributed by atoms with Crippen molar-refractivity contribution in [2.75, 3.05) is 6.54 Å². The SMILES string of the molecule is O=[N+]([O-])c1cccc(S(=O)(=O)NCC2CCCC2O)c1. The Balaban J connectivity index is 2.10. The molecule has 0 bridgehead atoms. The summed E-state index contributed by atoms with van der Waals surface area (Å²) in [6.07, 6.45) is 1.86. The second-order valence-corrected chi connectivity index (χ2v) is 6.63. The number of nitrogens with zero attached hydrogens (tertiary/aromatic N) is 1. The Kier molecular flexibility index (Phi) is 4.36. The third-order valence-electron chi connectivity index (χ3n) is 3.49. The Labute approximate surface area is 116 Å². The molecule has 1 saturated carbocycles. The number of nitro groups is 1. The molecule has 0 aromatic heterocycles. The van der Waals surface area contributed by atoms with E-state index in [9.17, 15) is 23.6 Å². The smallest absolute Gasteiger partial charge is 0.270 e. The lowest BCUT2D eigenvalue weighted by Gasteiger charge is -2.15. The number of aliphatic hydroxyl groups is 1. The van der Waals surface area contributed by atoms with Crippen LogP contribution in [0.25, 0.3) is 0 Å². The predicted octanol–water partition coefficient (Wildman–Crippen LogP) is 1.03. The van der Waals surface area contributed by atoms with Gasteiger partial charge in [-0.05, 0) is 24.8 Å². The number of hydrogen-bond acceptors (Lipinski definition) is 5. The molecule has 0 aliphatic heterocycles. The molecular weight excluding hydrogens is 284 g/mol. The molecule has 0 radical (unpaired) electrons. The van der Waals surface area contributed by atoms with Crippen molar-refractivity contribution < 1.29 is 18.4 Å². The van der Waals surface area contributed by atoms with Crippen LogP contribution in [-0.2, 0) is 10.0 Å². The summed E-state index contributed by atoms with van der Waals surface area (Å²) in [4.78, 5) is 9.87. The standard InChI is InChI=1S/C12H16N2O5S/c15-12-6-1-3-9(12)8-13-20(18,19)11-5-2-4-10(7-11)14(16)17/h2,4-5,7,9,12-13,15H,1,3,6,8H2. The van der Waals surface area contributed by atoms with E-state index in [0.29, 0.717) is 6.42 Å². The zero-order valence-electron chi connectivity index (χ0n) is 10.7. The highest BCUT2D eigenvalue weighted by molar-refractivity contribution is 7.89. The molecule has 0 saturated heterocycles. The van der Waals surface area contributed by atoms with E-state index in [4.69, 9.17) is 0 Å². The fourth-order valence-corrected chi connectivity index (χ4v) is 3.45. The first kappa shape index (κ1) is 14.9. The Bertz CT molecular complexity index is 602. The summed E-state index contributed by atoms with van der Waals surface area (Å²) >= 11 is 0. The van der Waals surface area contributed by atoms with Gasteiger partial charge in [-0.15, -0.1) is 0 Å². The molecule has 8 heteroatoms. The number of benzene rings is 1. The zero-order valence-corrected chi connectivity index (χ0v) is 11.5. The summed E-state index contributed by atoms with van der Waals surface area (Å²) in [7, 11) is -3.79. The summed E-state index contributed by atoms with van der Waals surface area (Å²) < 4.78 is 26.5. The van der Waals surface area contributed by atoms with Gasteiger partial charge in [0.1, 0.15) is 0 Å². The fourth-order valence-electron chi connectivity index (χ4n) is 2.32. The van der Waals surface area contributed by atoms with E-state index in [1.54, 1.807) is 0 Å². The van der Waals surface area contributed by atoms with Crippen molar-refractivity contribution in [2.45, 2.75) is 30.3 Å². The largest absolute Gasteiger partial charge is 0.393 e. The summed E-state index contributed by atoms with van der Waals surface area (Å²) in [5.74, 6) is -0.0940. The minimum atomic E-state index is -3.79. The molecule has 7 nitrogen and oxygen atoms in total. The van der Waals surface area contributed by atoms with E-state index in [0.717, 1.165) is 18.9 Å². The monoisotopic (exact) mass is 300 g/mol. The first-order chi connectivity index (χ1) is 9.40. The maximum Gasteiger partial charge on any atom is 0.270 e. The summed E-state index contributed by atoms with van der Waals surface area (Å²) in [5.41, 5.74) is -0.270. The van der Waals surface area contributed by atoms with E-state index in [1.807, 2.05) is 0 Å². The van der Waals surface area contributed by atoms with Crippen molar-refractivity contribution in [2.24, 2.45) is 5.92 Å². The van der Waals surface area contributed by atoms with Crippen LogP contribution in [0.3, 0.4) is 0 Å². The molecule has 0 heterocycles. The summed E-state index contributed by atoms with van der Waals surface area (Å²) in [6.45, 7) is 0.145. The maximum atomic E-state index is 12.1. The molecule has 110 valence electrons. The van der Waals surface area contributed by atoms with Crippen molar-refractivity contribution in [3.05, 3.63) is 34.4 Å². The summed E-state index contributed by atoms with van der Waals surface area (Å²) in [5, 5.41) is 20.3. The molecule has 1 aliphatic rings. The second-order valence-electron chi connectivity index (χ2n) is 4.86. The predicted molar refractivity (Wildman–Crippen MR) is 71.6 cm³/mol. The normalized spacial score (nSPS) is 22.9. The van der Waals surface area contributed by atoms with Crippen molar-refractivity contribution in [3.63, 3.8) is 0 Å². The molecule has 2 rings (SSSR count). The van der Waals surface area contributed by atoms with Gasteiger partial charge in [-0.1, -0.05) is 12.5 Å². The molecule has 1 fully saturated rings. The van der Waals surface area contributed by atoms with Gasteiger partial charge in [0, 0.05) is 18.7 Å². The third-order valence-corrected chi connectivity index (χ3v) is 4.91. The third kappa shape index (κ3) is 3.33. The molecule has 2 N–H and O–H groups in total. The number of aliphatic hydroxyl groups excluding tert-OH is 1. The van der Waals surface area contributed by atoms with E-state index in [-0.39, 0.29) is 23.0 Å². The van der Waals surface area contributed by atoms with Crippen LogP contribution in [0.15, 0.2) is 29.2 Å². The van der Waals surface area contributed by atoms with Crippen LogP contribution in [0.2, 0.25) is 0 Å². The number of nitrogens with one attached hydrogen (secondary N) is 1. The van der Waals surface area contributed by atoms with Crippen molar-refractivity contribution >= 4 is 15.7 Å². The minimum absolute atomic E-state index is 0.0940. The Morgan fingerprint density at radius 2 is 2.15 bits per heavy atom. The van der Waals surface area contributed by atoms with Gasteiger partial charge in [0.15, 0.2) is 0 Å². The molecule has 1 aliphatic carbocycles. The number of hydrogen-bond donors (Lipinski definition) is 2. The average molecular weight is 300 g/mol. The Hall–Kier alpha value is -1.51. The van der Waals surface area contributed by atoms with Crippen molar-refractivity contribution in [1.82, 2.24) is 4.72 Å². The van der Waals surface area contributed by atoms with Gasteiger partial charge in [-0.3, -0.25) is 10.1 Å². The molecular formula is C12H16N2O5S. The van der Waals surface area contributed by atoms with Crippen molar-refractivity contribution in [1.29, 1.82) is 0 Å². The van der Waals surface area contributed by atoms with Crippen molar-refractivity contribution in [3.8, 4) is 0 Å². The second kappa shape index (κ2) is 5.86. The van der Waals surface area contributed by atoms with Crippen LogP contribution in [0.5, 0.6) is 0 Å². The van der Waals surface area contributed by atoms with Gasteiger partial charge in [-0.2, -0.15) is 0 Å². The highest BCUT2D eigenvalue weighted by Crippen LogP contribution is 2.25. The fraction of sp³-hybridized carbons (Fsp3) is 0.500. The van der Waals surface area contributed by atoms with Crippen LogP contribution in [0, 0.1) is 16.0 Å². The minimum Gasteiger partial charge on any atom is -0.393 e. The maximum absolute atomic E-state index is 12.1. The van der Waals surface area contributed by atoms with E-state index in [1.165, 1.54) is 18.2 Å². The molecule has 0 spiro atoms. The van der Waals surface area contributed by atoms with Crippen LogP contribution in [-0.4, -0.2) is 31.1 Å². The number of non-ortho nitro benzene ring substituents is 1. The highest BCUT2D eigenvalue weighted by Gasteiger charge is 2.27. The van der Waals surface area contributed by atoms with Gasteiger partial charge in [0.2, 0.25) is 10.0 Å². The number of nitro benzene ring substituents is 1. The summed E-state index contributed by atoms with van der Waals surface area (Å²) in [6, 6.07) is 4.89. The van der Waals surface area contributed by atoms with E-state index >= 15 is 0 Å². The Morgan fingerprint density at radius 1 is 1.40 bits per heavy atom. The van der Waals surface area contributed by atoms with Gasteiger partial charge in [0.25, 0.3) is 5.69 Å². The number of sulfonamides is 1. The molecule has 2 atom stereocenters. The topological polar surface area (TPSA) is 110 Å². The lowest BCUT2D eigenvalue weighted by Crippen LogP contribution is -2.32.